The number of halogens is 2. The lowest BCUT2D eigenvalue weighted by Gasteiger charge is -2.17. The van der Waals surface area contributed by atoms with E-state index in [4.69, 9.17) is 0 Å². The van der Waals surface area contributed by atoms with Crippen LogP contribution in [0.25, 0.3) is 0 Å². The maximum Gasteiger partial charge on any atom is 0.361 e. The van der Waals surface area contributed by atoms with E-state index in [1.54, 1.807) is 5.01 Å². The van der Waals surface area contributed by atoms with Crippen LogP contribution in [-0.4, -0.2) is 23.7 Å². The number of hydrogen-bond acceptors (Lipinski definition) is 3. The summed E-state index contributed by atoms with van der Waals surface area (Å²) in [6.07, 6.45) is 2.73. The number of carbonyl (C=O) groups is 1. The zero-order valence-electron chi connectivity index (χ0n) is 8.60. The van der Waals surface area contributed by atoms with Gasteiger partial charge in [-0.2, -0.15) is 4.99 Å². The van der Waals surface area contributed by atoms with E-state index in [2.05, 4.69) is 47.3 Å². The van der Waals surface area contributed by atoms with E-state index in [1.165, 1.54) is 12.7 Å². The van der Waals surface area contributed by atoms with Crippen molar-refractivity contribution in [2.45, 2.75) is 6.54 Å². The molecule has 2 amide bonds. The first kappa shape index (κ1) is 12.3. The van der Waals surface area contributed by atoms with Crippen LogP contribution in [-0.2, 0) is 6.54 Å². The second-order valence-electron chi connectivity index (χ2n) is 3.30. The molecule has 0 fully saturated rings. The van der Waals surface area contributed by atoms with Crippen molar-refractivity contribution in [3.05, 3.63) is 32.7 Å². The molecule has 7 heteroatoms. The van der Waals surface area contributed by atoms with Gasteiger partial charge in [0.15, 0.2) is 0 Å². The van der Waals surface area contributed by atoms with E-state index >= 15 is 0 Å². The highest BCUT2D eigenvalue weighted by Crippen LogP contribution is 2.24. The van der Waals surface area contributed by atoms with Crippen LogP contribution in [0.4, 0.5) is 4.79 Å². The van der Waals surface area contributed by atoms with Crippen LogP contribution in [0.3, 0.4) is 0 Å². The minimum atomic E-state index is -0.432. The number of urea groups is 1. The fourth-order valence-electron chi connectivity index (χ4n) is 1.29. The van der Waals surface area contributed by atoms with Crippen molar-refractivity contribution in [3.8, 4) is 0 Å². The van der Waals surface area contributed by atoms with Crippen molar-refractivity contribution >= 4 is 50.6 Å². The predicted octanol–water partition coefficient (Wildman–Crippen LogP) is 2.71. The molecular weight excluding hydrogens is 352 g/mol. The molecular formula is C10H8Br2N4O. The number of nitrogens with one attached hydrogen (secondary N) is 1. The van der Waals surface area contributed by atoms with Gasteiger partial charge in [0.2, 0.25) is 0 Å². The SMILES string of the molecule is O=C1N=CN=CN(Cc2ccc(Br)c(Br)c2)N1. The Morgan fingerprint density at radius 1 is 1.29 bits per heavy atom. The maximum absolute atomic E-state index is 11.2. The molecule has 1 aromatic carbocycles. The fourth-order valence-corrected chi connectivity index (χ4v) is 1.96. The summed E-state index contributed by atoms with van der Waals surface area (Å²) in [6.45, 7) is 0.518. The molecule has 0 atom stereocenters. The summed E-state index contributed by atoms with van der Waals surface area (Å²) in [7, 11) is 0. The molecule has 0 saturated carbocycles. The Morgan fingerprint density at radius 2 is 2.12 bits per heavy atom. The van der Waals surface area contributed by atoms with Gasteiger partial charge in [0.25, 0.3) is 0 Å². The molecule has 0 radical (unpaired) electrons. The number of hydrogen-bond donors (Lipinski definition) is 1. The molecule has 0 saturated heterocycles. The first-order chi connectivity index (χ1) is 8.15. The standard InChI is InChI=1S/C10H8Br2N4O/c11-8-2-1-7(3-9(8)12)4-16-6-13-5-14-10(17)15-16/h1-3,5-6H,4H2,(H,15,17). The first-order valence-electron chi connectivity index (χ1n) is 4.72. The molecule has 1 aliphatic rings. The number of aliphatic imine (C=N–C) groups is 2. The Labute approximate surface area is 115 Å². The minimum absolute atomic E-state index is 0.432. The maximum atomic E-state index is 11.2. The third-order valence-corrected chi connectivity index (χ3v) is 3.90. The molecule has 1 heterocycles. The van der Waals surface area contributed by atoms with Gasteiger partial charge < -0.3 is 0 Å². The second kappa shape index (κ2) is 5.42. The smallest absolute Gasteiger partial charge is 0.269 e. The van der Waals surface area contributed by atoms with E-state index < -0.39 is 6.03 Å². The molecule has 2 rings (SSSR count). The Balaban J connectivity index is 2.10. The van der Waals surface area contributed by atoms with Crippen molar-refractivity contribution in [2.75, 3.05) is 0 Å². The number of nitrogens with zero attached hydrogens (tertiary/aromatic N) is 3. The summed E-state index contributed by atoms with van der Waals surface area (Å²) in [4.78, 5) is 18.5. The summed E-state index contributed by atoms with van der Waals surface area (Å²) in [5.74, 6) is 0. The van der Waals surface area contributed by atoms with Crippen LogP contribution in [0.2, 0.25) is 0 Å². The Bertz CT molecular complexity index is 501. The summed E-state index contributed by atoms with van der Waals surface area (Å²) >= 11 is 6.83. The van der Waals surface area contributed by atoms with Crippen LogP contribution in [0.15, 0.2) is 37.1 Å². The normalized spacial score (nSPS) is 14.7. The van der Waals surface area contributed by atoms with Gasteiger partial charge in [0, 0.05) is 8.95 Å². The molecule has 1 N–H and O–H groups in total. The van der Waals surface area contributed by atoms with Crippen LogP contribution in [0, 0.1) is 0 Å². The van der Waals surface area contributed by atoms with Gasteiger partial charge in [-0.15, -0.1) is 0 Å². The topological polar surface area (TPSA) is 57.1 Å². The van der Waals surface area contributed by atoms with Gasteiger partial charge in [0.05, 0.1) is 6.54 Å². The summed E-state index contributed by atoms with van der Waals surface area (Å²) < 4.78 is 1.95. The van der Waals surface area contributed by atoms with Crippen molar-refractivity contribution in [1.82, 2.24) is 10.4 Å². The van der Waals surface area contributed by atoms with Crippen LogP contribution >= 0.6 is 31.9 Å². The lowest BCUT2D eigenvalue weighted by molar-refractivity contribution is 0.226. The van der Waals surface area contributed by atoms with E-state index in [0.717, 1.165) is 14.5 Å². The van der Waals surface area contributed by atoms with Crippen LogP contribution in [0.5, 0.6) is 0 Å². The van der Waals surface area contributed by atoms with Gasteiger partial charge in [-0.05, 0) is 49.6 Å². The van der Waals surface area contributed by atoms with E-state index in [-0.39, 0.29) is 0 Å². The molecule has 0 aromatic heterocycles. The Hall–Kier alpha value is -1.21. The summed E-state index contributed by atoms with van der Waals surface area (Å²) in [5, 5.41) is 1.57. The molecule has 17 heavy (non-hydrogen) atoms. The molecule has 88 valence electrons. The number of benzene rings is 1. The number of rotatable bonds is 2. The van der Waals surface area contributed by atoms with Crippen LogP contribution < -0.4 is 5.43 Å². The van der Waals surface area contributed by atoms with Crippen molar-refractivity contribution in [1.29, 1.82) is 0 Å². The van der Waals surface area contributed by atoms with Crippen molar-refractivity contribution < 1.29 is 4.79 Å². The Kier molecular flexibility index (Phi) is 3.90. The van der Waals surface area contributed by atoms with Crippen LogP contribution in [0.1, 0.15) is 5.56 Å². The summed E-state index contributed by atoms with van der Waals surface area (Å²) in [6, 6.07) is 5.43. The fraction of sp³-hybridized carbons (Fsp3) is 0.100. The predicted molar refractivity (Wildman–Crippen MR) is 72.9 cm³/mol. The van der Waals surface area contributed by atoms with Crippen molar-refractivity contribution in [3.63, 3.8) is 0 Å². The van der Waals surface area contributed by atoms with Gasteiger partial charge in [0.1, 0.15) is 12.7 Å². The Morgan fingerprint density at radius 3 is 2.88 bits per heavy atom. The molecule has 0 spiro atoms. The number of amides is 2. The highest BCUT2D eigenvalue weighted by molar-refractivity contribution is 9.13. The van der Waals surface area contributed by atoms with Gasteiger partial charge in [-0.25, -0.2) is 15.2 Å². The third kappa shape index (κ3) is 3.37. The number of carbonyl (C=O) groups excluding carboxylic acids is 1. The minimum Gasteiger partial charge on any atom is -0.269 e. The van der Waals surface area contributed by atoms with Crippen molar-refractivity contribution in [2.24, 2.45) is 9.98 Å². The zero-order valence-corrected chi connectivity index (χ0v) is 11.8. The van der Waals surface area contributed by atoms with E-state index in [0.29, 0.717) is 6.54 Å². The molecule has 5 nitrogen and oxygen atoms in total. The summed E-state index contributed by atoms with van der Waals surface area (Å²) in [5.41, 5.74) is 3.62. The lowest BCUT2D eigenvalue weighted by atomic mass is 10.2. The third-order valence-electron chi connectivity index (χ3n) is 2.02. The van der Waals surface area contributed by atoms with Gasteiger partial charge >= 0.3 is 6.03 Å². The highest BCUT2D eigenvalue weighted by Gasteiger charge is 2.08. The molecule has 1 aromatic rings. The largest absolute Gasteiger partial charge is 0.361 e. The monoisotopic (exact) mass is 358 g/mol. The molecule has 0 aliphatic carbocycles. The van der Waals surface area contributed by atoms with Gasteiger partial charge in [-0.1, -0.05) is 6.07 Å². The van der Waals surface area contributed by atoms with E-state index in [1.807, 2.05) is 18.2 Å². The van der Waals surface area contributed by atoms with E-state index in [9.17, 15) is 4.79 Å². The second-order valence-corrected chi connectivity index (χ2v) is 5.01. The zero-order chi connectivity index (χ0) is 12.3. The molecule has 0 bridgehead atoms. The average Bonchev–Trinajstić information content (AvgIpc) is 2.48. The first-order valence-corrected chi connectivity index (χ1v) is 6.31. The quantitative estimate of drug-likeness (QED) is 0.882. The molecule has 1 aliphatic heterocycles. The number of hydrazine groups is 1. The van der Waals surface area contributed by atoms with Gasteiger partial charge in [-0.3, -0.25) is 5.01 Å². The lowest BCUT2D eigenvalue weighted by Crippen LogP contribution is -2.38. The highest BCUT2D eigenvalue weighted by atomic mass is 79.9. The molecule has 0 unspecified atom stereocenters. The average molecular weight is 360 g/mol.